The van der Waals surface area contributed by atoms with Gasteiger partial charge in [-0.05, 0) is 74.0 Å². The van der Waals surface area contributed by atoms with Crippen molar-refractivity contribution >= 4 is 5.78 Å². The van der Waals surface area contributed by atoms with E-state index in [0.29, 0.717) is 42.7 Å². The van der Waals surface area contributed by atoms with Gasteiger partial charge in [0.1, 0.15) is 5.78 Å². The highest BCUT2D eigenvalue weighted by Gasteiger charge is 2.59. The Kier molecular flexibility index (Phi) is 6.43. The smallest absolute Gasteiger partial charge is 0.139 e. The van der Waals surface area contributed by atoms with Gasteiger partial charge in [-0.2, -0.15) is 0 Å². The third-order valence-corrected chi connectivity index (χ3v) is 8.28. The highest BCUT2D eigenvalue weighted by atomic mass is 17.2. The predicted octanol–water partition coefficient (Wildman–Crippen LogP) is 4.35. The largest absolute Gasteiger partial charge is 0.299 e. The fourth-order valence-corrected chi connectivity index (χ4v) is 6.79. The van der Waals surface area contributed by atoms with Gasteiger partial charge in [0.2, 0.25) is 0 Å². The first-order valence-corrected chi connectivity index (χ1v) is 10.3. The van der Waals surface area contributed by atoms with E-state index in [9.17, 15) is 4.79 Å². The maximum Gasteiger partial charge on any atom is 0.139 e. The molecule has 0 aromatic carbocycles. The lowest BCUT2D eigenvalue weighted by Crippen LogP contribution is -2.52. The fraction of sp³-hybridized carbons (Fsp3) is 0.952. The summed E-state index contributed by atoms with van der Waals surface area (Å²) in [6.45, 7) is 5.95. The minimum atomic E-state index is -0.0584. The monoisotopic (exact) mass is 368 g/mol. The Labute approximate surface area is 157 Å². The molecule has 0 unspecified atom stereocenters. The normalized spacial score (nSPS) is 42.5. The van der Waals surface area contributed by atoms with Crippen LogP contribution < -0.4 is 0 Å². The molecule has 0 aromatic heterocycles. The molecule has 0 aromatic rings. The van der Waals surface area contributed by atoms with Crippen LogP contribution in [0.25, 0.3) is 0 Å². The van der Waals surface area contributed by atoms with Gasteiger partial charge in [0.25, 0.3) is 0 Å². The van der Waals surface area contributed by atoms with Gasteiger partial charge in [0.15, 0.2) is 0 Å². The minimum Gasteiger partial charge on any atom is -0.299 e. The van der Waals surface area contributed by atoms with Crippen LogP contribution in [0.5, 0.6) is 0 Å². The summed E-state index contributed by atoms with van der Waals surface area (Å²) in [5, 5.41) is 0. The van der Waals surface area contributed by atoms with Gasteiger partial charge in [-0.15, -0.1) is 0 Å². The van der Waals surface area contributed by atoms with Crippen molar-refractivity contribution in [3.63, 3.8) is 0 Å². The molecule has 3 rings (SSSR count). The molecule has 6 atom stereocenters. The second-order valence-electron chi connectivity index (χ2n) is 9.09. The van der Waals surface area contributed by atoms with Gasteiger partial charge in [-0.3, -0.25) is 4.79 Å². The number of Topliss-reactive ketones (excluding diaryl/α,β-unsaturated/α-hetero) is 1. The van der Waals surface area contributed by atoms with Crippen molar-refractivity contribution in [3.8, 4) is 0 Å². The van der Waals surface area contributed by atoms with Crippen molar-refractivity contribution < 1.29 is 24.3 Å². The van der Waals surface area contributed by atoms with Crippen LogP contribution in [0.1, 0.15) is 65.2 Å². The van der Waals surface area contributed by atoms with Crippen LogP contribution in [0.3, 0.4) is 0 Å². The molecule has 5 heteroatoms. The summed E-state index contributed by atoms with van der Waals surface area (Å²) < 4.78 is 0. The number of fused-ring (bicyclic) bond motifs is 3. The van der Waals surface area contributed by atoms with Crippen LogP contribution >= 0.6 is 0 Å². The summed E-state index contributed by atoms with van der Waals surface area (Å²) in [6.07, 6.45) is 8.57. The van der Waals surface area contributed by atoms with Crippen LogP contribution in [0.2, 0.25) is 0 Å². The van der Waals surface area contributed by atoms with Gasteiger partial charge >= 0.3 is 0 Å². The van der Waals surface area contributed by atoms with Gasteiger partial charge < -0.3 is 0 Å². The van der Waals surface area contributed by atoms with Crippen LogP contribution in [0.15, 0.2) is 0 Å². The van der Waals surface area contributed by atoms with Crippen molar-refractivity contribution in [2.45, 2.75) is 65.2 Å². The molecule has 0 N–H and O–H groups in total. The Morgan fingerprint density at radius 3 is 2.42 bits per heavy atom. The molecule has 0 saturated heterocycles. The Morgan fingerprint density at radius 2 is 1.69 bits per heavy atom. The SMILES string of the molecule is COOCC[C@@H]1CC[C@@H]2[C@H](CC[C@]3(C)C(=O)CC[C@@H]23)[C@@]1(C)CCOOC. The lowest BCUT2D eigenvalue weighted by molar-refractivity contribution is -0.283. The molecule has 3 saturated carbocycles. The van der Waals surface area contributed by atoms with E-state index in [1.54, 1.807) is 14.2 Å². The van der Waals surface area contributed by atoms with Crippen LogP contribution in [0, 0.1) is 34.5 Å². The maximum atomic E-state index is 12.5. The van der Waals surface area contributed by atoms with E-state index >= 15 is 0 Å². The first-order chi connectivity index (χ1) is 12.5. The zero-order chi connectivity index (χ0) is 18.8. The highest BCUT2D eigenvalue weighted by molar-refractivity contribution is 5.87. The predicted molar refractivity (Wildman–Crippen MR) is 98.0 cm³/mol. The molecule has 150 valence electrons. The molecule has 0 spiro atoms. The fourth-order valence-electron chi connectivity index (χ4n) is 6.79. The standard InChI is InChI=1S/C21H36O5/c1-20(12-14-26-24-4)15(10-13-25-23-3)5-6-16-17-7-8-19(22)21(17,2)11-9-18(16)20/h15-18H,5-14H2,1-4H3/t15-,16-,17-,18-,20-,21-/m0/s1. The highest BCUT2D eigenvalue weighted by Crippen LogP contribution is 2.64. The average Bonchev–Trinajstić information content (AvgIpc) is 2.93. The Bertz CT molecular complexity index is 495. The van der Waals surface area contributed by atoms with Crippen molar-refractivity contribution in [2.75, 3.05) is 27.4 Å². The number of hydrogen-bond acceptors (Lipinski definition) is 5. The van der Waals surface area contributed by atoms with Crippen LogP contribution in [0.4, 0.5) is 0 Å². The lowest BCUT2D eigenvalue weighted by atomic mass is 9.47. The summed E-state index contributed by atoms with van der Waals surface area (Å²) in [5.74, 6) is 3.02. The van der Waals surface area contributed by atoms with E-state index < -0.39 is 0 Å². The second-order valence-corrected chi connectivity index (χ2v) is 9.09. The molecule has 3 aliphatic rings. The summed E-state index contributed by atoms with van der Waals surface area (Å²) >= 11 is 0. The average molecular weight is 369 g/mol. The van der Waals surface area contributed by atoms with Crippen LogP contribution in [-0.2, 0) is 24.3 Å². The molecule has 0 aliphatic heterocycles. The lowest BCUT2D eigenvalue weighted by Gasteiger charge is -2.58. The third kappa shape index (κ3) is 3.48. The number of carbonyl (C=O) groups is 1. The van der Waals surface area contributed by atoms with E-state index in [1.807, 2.05) is 0 Å². The first-order valence-electron chi connectivity index (χ1n) is 10.3. The van der Waals surface area contributed by atoms with E-state index in [-0.39, 0.29) is 10.8 Å². The molecular weight excluding hydrogens is 332 g/mol. The number of rotatable bonds is 8. The van der Waals surface area contributed by atoms with E-state index in [0.717, 1.165) is 38.5 Å². The molecule has 0 amide bonds. The number of ketones is 1. The maximum absolute atomic E-state index is 12.5. The van der Waals surface area contributed by atoms with Crippen molar-refractivity contribution in [3.05, 3.63) is 0 Å². The molecule has 0 radical (unpaired) electrons. The van der Waals surface area contributed by atoms with E-state index in [4.69, 9.17) is 19.6 Å². The Hall–Kier alpha value is -0.490. The second kappa shape index (κ2) is 8.26. The Morgan fingerprint density at radius 1 is 0.962 bits per heavy atom. The zero-order valence-corrected chi connectivity index (χ0v) is 16.9. The number of hydrogen-bond donors (Lipinski definition) is 0. The molecule has 0 bridgehead atoms. The third-order valence-electron chi connectivity index (χ3n) is 8.28. The van der Waals surface area contributed by atoms with Gasteiger partial charge in [0, 0.05) is 11.8 Å². The van der Waals surface area contributed by atoms with Crippen molar-refractivity contribution in [1.29, 1.82) is 0 Å². The molecule has 5 nitrogen and oxygen atoms in total. The van der Waals surface area contributed by atoms with Crippen LogP contribution in [-0.4, -0.2) is 33.2 Å². The zero-order valence-electron chi connectivity index (χ0n) is 16.9. The summed E-state index contributed by atoms with van der Waals surface area (Å²) in [7, 11) is 3.15. The molecule has 3 fully saturated rings. The van der Waals surface area contributed by atoms with Crippen molar-refractivity contribution in [2.24, 2.45) is 34.5 Å². The topological polar surface area (TPSA) is 54.0 Å². The first kappa shape index (κ1) is 20.2. The van der Waals surface area contributed by atoms with Crippen molar-refractivity contribution in [1.82, 2.24) is 0 Å². The molecule has 26 heavy (non-hydrogen) atoms. The summed E-state index contributed by atoms with van der Waals surface area (Å²) in [6, 6.07) is 0. The summed E-state index contributed by atoms with van der Waals surface area (Å²) in [5.41, 5.74) is 0.141. The Balaban J connectivity index is 1.79. The van der Waals surface area contributed by atoms with Gasteiger partial charge in [0.05, 0.1) is 27.4 Å². The van der Waals surface area contributed by atoms with E-state index in [2.05, 4.69) is 13.8 Å². The summed E-state index contributed by atoms with van der Waals surface area (Å²) in [4.78, 5) is 32.7. The molecule has 0 heterocycles. The van der Waals surface area contributed by atoms with Gasteiger partial charge in [-0.1, -0.05) is 13.8 Å². The quantitative estimate of drug-likeness (QED) is 0.362. The van der Waals surface area contributed by atoms with Gasteiger partial charge in [-0.25, -0.2) is 19.6 Å². The molecular formula is C21H36O5. The number of carbonyl (C=O) groups excluding carboxylic acids is 1. The van der Waals surface area contributed by atoms with E-state index in [1.165, 1.54) is 12.8 Å². The minimum absolute atomic E-state index is 0.0584. The molecule has 3 aliphatic carbocycles.